The summed E-state index contributed by atoms with van der Waals surface area (Å²) in [4.78, 5) is 16.9. The molecule has 0 saturated carbocycles. The van der Waals surface area contributed by atoms with Gasteiger partial charge in [-0.3, -0.25) is 9.36 Å². The van der Waals surface area contributed by atoms with Crippen molar-refractivity contribution in [2.75, 3.05) is 43.4 Å². The Bertz CT molecular complexity index is 647. The molecule has 1 aromatic rings. The van der Waals surface area contributed by atoms with E-state index in [0.717, 1.165) is 82.0 Å². The molecule has 1 amide bonds. The van der Waals surface area contributed by atoms with Crippen LogP contribution in [-0.4, -0.2) is 70.2 Å². The summed E-state index contributed by atoms with van der Waals surface area (Å²) in [6.07, 6.45) is 8.34. The van der Waals surface area contributed by atoms with Crippen LogP contribution in [0.3, 0.4) is 0 Å². The van der Waals surface area contributed by atoms with Crippen molar-refractivity contribution < 1.29 is 9.53 Å². The monoisotopic (exact) mass is 407 g/mol. The number of thioether (sulfide) groups is 1. The van der Waals surface area contributed by atoms with Crippen LogP contribution in [0.15, 0.2) is 5.16 Å². The van der Waals surface area contributed by atoms with Crippen molar-refractivity contribution in [2.45, 2.75) is 69.7 Å². The van der Waals surface area contributed by atoms with E-state index in [-0.39, 0.29) is 12.0 Å². The minimum absolute atomic E-state index is 0.227. The van der Waals surface area contributed by atoms with Crippen LogP contribution in [0.1, 0.15) is 51.9 Å². The Morgan fingerprint density at radius 2 is 1.86 bits per heavy atom. The van der Waals surface area contributed by atoms with Crippen molar-refractivity contribution in [1.82, 2.24) is 19.7 Å². The lowest BCUT2D eigenvalue weighted by atomic mass is 10.00. The molecule has 1 atom stereocenters. The van der Waals surface area contributed by atoms with Crippen molar-refractivity contribution in [2.24, 2.45) is 5.92 Å². The van der Waals surface area contributed by atoms with E-state index in [1.165, 1.54) is 31.0 Å². The Morgan fingerprint density at radius 1 is 1.07 bits per heavy atom. The third kappa shape index (κ3) is 4.82. The zero-order valence-electron chi connectivity index (χ0n) is 17.0. The van der Waals surface area contributed by atoms with Crippen molar-refractivity contribution in [3.8, 4) is 0 Å². The molecule has 3 fully saturated rings. The normalized spacial score (nSPS) is 24.1. The first-order valence-corrected chi connectivity index (χ1v) is 11.9. The first kappa shape index (κ1) is 20.0. The van der Waals surface area contributed by atoms with Gasteiger partial charge in [0.05, 0.1) is 18.4 Å². The Hall–Kier alpha value is -1.28. The number of hydrogen-bond donors (Lipinski definition) is 0. The number of rotatable bonds is 6. The molecule has 3 aliphatic rings. The fourth-order valence-corrected chi connectivity index (χ4v) is 5.19. The van der Waals surface area contributed by atoms with E-state index in [0.29, 0.717) is 5.75 Å². The lowest BCUT2D eigenvalue weighted by Gasteiger charge is -2.31. The molecule has 7 nitrogen and oxygen atoms in total. The van der Waals surface area contributed by atoms with Crippen molar-refractivity contribution in [1.29, 1.82) is 0 Å². The molecule has 0 bridgehead atoms. The summed E-state index contributed by atoms with van der Waals surface area (Å²) < 4.78 is 8.09. The van der Waals surface area contributed by atoms with Gasteiger partial charge in [-0.25, -0.2) is 0 Å². The highest BCUT2D eigenvalue weighted by atomic mass is 32.2. The minimum Gasteiger partial charge on any atom is -0.376 e. The van der Waals surface area contributed by atoms with Gasteiger partial charge in [-0.15, -0.1) is 10.2 Å². The first-order chi connectivity index (χ1) is 13.7. The third-order valence-electron chi connectivity index (χ3n) is 6.21. The smallest absolute Gasteiger partial charge is 0.233 e. The second kappa shape index (κ2) is 9.48. The predicted octanol–water partition coefficient (Wildman–Crippen LogP) is 2.80. The van der Waals surface area contributed by atoms with Gasteiger partial charge in [0, 0.05) is 32.8 Å². The third-order valence-corrected chi connectivity index (χ3v) is 7.16. The van der Waals surface area contributed by atoms with Crippen molar-refractivity contribution in [3.05, 3.63) is 0 Å². The molecule has 4 heterocycles. The number of aromatic nitrogens is 3. The molecule has 1 aromatic heterocycles. The van der Waals surface area contributed by atoms with E-state index < -0.39 is 0 Å². The van der Waals surface area contributed by atoms with E-state index in [1.807, 2.05) is 4.90 Å². The van der Waals surface area contributed by atoms with Gasteiger partial charge in [0.25, 0.3) is 0 Å². The Kier molecular flexibility index (Phi) is 6.77. The van der Waals surface area contributed by atoms with Gasteiger partial charge < -0.3 is 14.5 Å². The summed E-state index contributed by atoms with van der Waals surface area (Å²) in [5.74, 6) is 2.41. The molecule has 1 unspecified atom stereocenters. The Morgan fingerprint density at radius 3 is 2.57 bits per heavy atom. The Balaban J connectivity index is 1.45. The summed E-state index contributed by atoms with van der Waals surface area (Å²) in [5.41, 5.74) is 0. The SMILES string of the molecule is CC1CCN(c2nnc(SCC(=O)N3CCCCC3)n2CC2CCCO2)CC1. The summed E-state index contributed by atoms with van der Waals surface area (Å²) in [7, 11) is 0. The van der Waals surface area contributed by atoms with Crippen LogP contribution < -0.4 is 4.90 Å². The summed E-state index contributed by atoms with van der Waals surface area (Å²) >= 11 is 1.53. The van der Waals surface area contributed by atoms with Crippen LogP contribution >= 0.6 is 11.8 Å². The molecule has 28 heavy (non-hydrogen) atoms. The van der Waals surface area contributed by atoms with Gasteiger partial charge in [0.15, 0.2) is 5.16 Å². The van der Waals surface area contributed by atoms with Gasteiger partial charge >= 0.3 is 0 Å². The fraction of sp³-hybridized carbons (Fsp3) is 0.850. The molecule has 3 saturated heterocycles. The maximum atomic E-state index is 12.6. The van der Waals surface area contributed by atoms with E-state index in [9.17, 15) is 4.79 Å². The average molecular weight is 408 g/mol. The molecular formula is C20H33N5O2S. The first-order valence-electron chi connectivity index (χ1n) is 10.9. The zero-order chi connectivity index (χ0) is 19.3. The molecule has 8 heteroatoms. The molecule has 0 radical (unpaired) electrons. The van der Waals surface area contributed by atoms with Gasteiger partial charge in [-0.2, -0.15) is 0 Å². The topological polar surface area (TPSA) is 63.5 Å². The number of anilines is 1. The van der Waals surface area contributed by atoms with Crippen LogP contribution in [0.4, 0.5) is 5.95 Å². The van der Waals surface area contributed by atoms with Crippen LogP contribution in [0, 0.1) is 5.92 Å². The van der Waals surface area contributed by atoms with Crippen molar-refractivity contribution in [3.63, 3.8) is 0 Å². The van der Waals surface area contributed by atoms with Gasteiger partial charge in [-0.05, 0) is 50.9 Å². The molecule has 0 N–H and O–H groups in total. The quantitative estimate of drug-likeness (QED) is 0.676. The largest absolute Gasteiger partial charge is 0.376 e. The molecule has 3 aliphatic heterocycles. The molecule has 0 spiro atoms. The number of nitrogens with zero attached hydrogens (tertiary/aromatic N) is 5. The highest BCUT2D eigenvalue weighted by Crippen LogP contribution is 2.28. The summed E-state index contributed by atoms with van der Waals surface area (Å²) in [6.45, 7) is 7.82. The number of piperidine rings is 2. The van der Waals surface area contributed by atoms with Gasteiger partial charge in [0.1, 0.15) is 0 Å². The second-order valence-corrected chi connectivity index (χ2v) is 9.37. The van der Waals surface area contributed by atoms with Crippen LogP contribution in [0.25, 0.3) is 0 Å². The second-order valence-electron chi connectivity index (χ2n) is 8.43. The number of hydrogen-bond acceptors (Lipinski definition) is 6. The molecule has 0 aromatic carbocycles. The number of amides is 1. The number of carbonyl (C=O) groups is 1. The van der Waals surface area contributed by atoms with Gasteiger partial charge in [0.2, 0.25) is 11.9 Å². The van der Waals surface area contributed by atoms with Crippen molar-refractivity contribution >= 4 is 23.6 Å². The van der Waals surface area contributed by atoms with E-state index in [1.54, 1.807) is 0 Å². The lowest BCUT2D eigenvalue weighted by molar-refractivity contribution is -0.129. The maximum Gasteiger partial charge on any atom is 0.233 e. The highest BCUT2D eigenvalue weighted by molar-refractivity contribution is 7.99. The molecule has 156 valence electrons. The van der Waals surface area contributed by atoms with E-state index in [2.05, 4.69) is 26.6 Å². The average Bonchev–Trinajstić information content (AvgIpc) is 3.38. The lowest BCUT2D eigenvalue weighted by Crippen LogP contribution is -2.37. The number of ether oxygens (including phenoxy) is 1. The zero-order valence-corrected chi connectivity index (χ0v) is 17.8. The number of carbonyl (C=O) groups excluding carboxylic acids is 1. The van der Waals surface area contributed by atoms with Crippen LogP contribution in [0.2, 0.25) is 0 Å². The number of likely N-dealkylation sites (tertiary alicyclic amines) is 1. The maximum absolute atomic E-state index is 12.6. The molecule has 4 rings (SSSR count). The Labute approximate surface area is 172 Å². The van der Waals surface area contributed by atoms with E-state index in [4.69, 9.17) is 4.74 Å². The fourth-order valence-electron chi connectivity index (χ4n) is 4.34. The predicted molar refractivity (Wildman–Crippen MR) is 111 cm³/mol. The van der Waals surface area contributed by atoms with Crippen LogP contribution in [-0.2, 0) is 16.1 Å². The van der Waals surface area contributed by atoms with E-state index >= 15 is 0 Å². The standard InChI is InChI=1S/C20H33N5O2S/c1-16-7-11-24(12-8-16)19-21-22-20(25(19)14-17-6-5-13-27-17)28-15-18(26)23-9-3-2-4-10-23/h16-17H,2-15H2,1H3. The summed E-state index contributed by atoms with van der Waals surface area (Å²) in [6, 6.07) is 0. The highest BCUT2D eigenvalue weighted by Gasteiger charge is 2.26. The summed E-state index contributed by atoms with van der Waals surface area (Å²) in [5, 5.41) is 9.87. The minimum atomic E-state index is 0.227. The molecule has 0 aliphatic carbocycles. The molecular weight excluding hydrogens is 374 g/mol. The van der Waals surface area contributed by atoms with Gasteiger partial charge in [-0.1, -0.05) is 18.7 Å². The van der Waals surface area contributed by atoms with Crippen LogP contribution in [0.5, 0.6) is 0 Å².